The maximum Gasteiger partial charge on any atom is 0.312 e. The lowest BCUT2D eigenvalue weighted by molar-refractivity contribution is -0.385. The van der Waals surface area contributed by atoms with Gasteiger partial charge in [-0.1, -0.05) is 15.9 Å². The molecular formula is C10H10BrNO4. The number of carbonyl (C=O) groups excluding carboxylic acids is 1. The molecule has 0 fully saturated rings. The van der Waals surface area contributed by atoms with Crippen molar-refractivity contribution >= 4 is 27.4 Å². The number of ketones is 1. The van der Waals surface area contributed by atoms with Crippen molar-refractivity contribution in [3.05, 3.63) is 32.3 Å². The van der Waals surface area contributed by atoms with Crippen molar-refractivity contribution in [3.8, 4) is 5.75 Å². The zero-order chi connectivity index (χ0) is 12.3. The number of benzene rings is 1. The van der Waals surface area contributed by atoms with Crippen LogP contribution in [0.25, 0.3) is 0 Å². The molecule has 5 nitrogen and oxygen atoms in total. The number of Topliss-reactive ketones (excluding diaryl/α,β-unsaturated/α-hetero) is 1. The van der Waals surface area contributed by atoms with Crippen molar-refractivity contribution in [3.63, 3.8) is 0 Å². The summed E-state index contributed by atoms with van der Waals surface area (Å²) in [5.41, 5.74) is 0.00403. The van der Waals surface area contributed by atoms with Crippen LogP contribution in [-0.4, -0.2) is 17.3 Å². The standard InChI is InChI=1S/C10H10BrNO4/c1-3-16-10-8(6(2)13)4-7(11)5-9(10)12(14)15/h4-5H,3H2,1-2H3. The number of hydrogen-bond acceptors (Lipinski definition) is 4. The van der Waals surface area contributed by atoms with Gasteiger partial charge in [-0.2, -0.15) is 0 Å². The summed E-state index contributed by atoms with van der Waals surface area (Å²) in [4.78, 5) is 21.6. The summed E-state index contributed by atoms with van der Waals surface area (Å²) in [6.45, 7) is 3.31. The summed E-state index contributed by atoms with van der Waals surface area (Å²) in [6.07, 6.45) is 0. The lowest BCUT2D eigenvalue weighted by Crippen LogP contribution is -2.04. The lowest BCUT2D eigenvalue weighted by atomic mass is 10.1. The molecule has 0 saturated carbocycles. The Morgan fingerprint density at radius 1 is 1.56 bits per heavy atom. The molecule has 0 radical (unpaired) electrons. The van der Waals surface area contributed by atoms with E-state index >= 15 is 0 Å². The molecule has 0 heterocycles. The van der Waals surface area contributed by atoms with Crippen molar-refractivity contribution in [1.82, 2.24) is 0 Å². The highest BCUT2D eigenvalue weighted by Crippen LogP contribution is 2.34. The van der Waals surface area contributed by atoms with Gasteiger partial charge in [0.05, 0.1) is 17.1 Å². The Morgan fingerprint density at radius 3 is 2.62 bits per heavy atom. The second-order valence-electron chi connectivity index (χ2n) is 3.05. The minimum Gasteiger partial charge on any atom is -0.487 e. The third-order valence-corrected chi connectivity index (χ3v) is 2.36. The summed E-state index contributed by atoms with van der Waals surface area (Å²) in [7, 11) is 0. The maximum absolute atomic E-state index is 11.3. The third kappa shape index (κ3) is 2.57. The molecule has 0 aliphatic rings. The number of nitro groups is 1. The van der Waals surface area contributed by atoms with Gasteiger partial charge < -0.3 is 4.74 Å². The van der Waals surface area contributed by atoms with Crippen LogP contribution >= 0.6 is 15.9 Å². The number of rotatable bonds is 4. The van der Waals surface area contributed by atoms with Gasteiger partial charge in [0.2, 0.25) is 5.75 Å². The van der Waals surface area contributed by atoms with Gasteiger partial charge in [0.1, 0.15) is 0 Å². The first-order valence-corrected chi connectivity index (χ1v) is 5.38. The summed E-state index contributed by atoms with van der Waals surface area (Å²) in [5, 5.41) is 10.8. The van der Waals surface area contributed by atoms with Crippen LogP contribution in [0.1, 0.15) is 24.2 Å². The zero-order valence-corrected chi connectivity index (χ0v) is 10.4. The highest BCUT2D eigenvalue weighted by molar-refractivity contribution is 9.10. The predicted molar refractivity (Wildman–Crippen MR) is 62.0 cm³/mol. The molecule has 0 bridgehead atoms. The highest BCUT2D eigenvalue weighted by atomic mass is 79.9. The fraction of sp³-hybridized carbons (Fsp3) is 0.300. The van der Waals surface area contributed by atoms with E-state index in [1.165, 1.54) is 19.1 Å². The van der Waals surface area contributed by atoms with Crippen LogP contribution in [0.2, 0.25) is 0 Å². The van der Waals surface area contributed by atoms with E-state index in [-0.39, 0.29) is 29.4 Å². The molecule has 0 atom stereocenters. The van der Waals surface area contributed by atoms with Crippen LogP contribution in [0, 0.1) is 10.1 Å². The number of nitrogens with zero attached hydrogens (tertiary/aromatic N) is 1. The van der Waals surface area contributed by atoms with Crippen LogP contribution in [-0.2, 0) is 0 Å². The van der Waals surface area contributed by atoms with Gasteiger partial charge in [-0.25, -0.2) is 0 Å². The van der Waals surface area contributed by atoms with Gasteiger partial charge in [-0.15, -0.1) is 0 Å². The Balaban J connectivity index is 3.47. The van der Waals surface area contributed by atoms with Crippen LogP contribution in [0.15, 0.2) is 16.6 Å². The average Bonchev–Trinajstić information content (AvgIpc) is 2.19. The van der Waals surface area contributed by atoms with E-state index < -0.39 is 4.92 Å². The smallest absolute Gasteiger partial charge is 0.312 e. The second kappa shape index (κ2) is 5.07. The van der Waals surface area contributed by atoms with E-state index in [0.717, 1.165) is 0 Å². The first kappa shape index (κ1) is 12.6. The predicted octanol–water partition coefficient (Wildman–Crippen LogP) is 2.96. The average molecular weight is 288 g/mol. The first-order chi connectivity index (χ1) is 7.47. The molecule has 1 aromatic rings. The minimum atomic E-state index is -0.567. The molecule has 86 valence electrons. The Morgan fingerprint density at radius 2 is 2.19 bits per heavy atom. The Labute approximate surface area is 101 Å². The first-order valence-electron chi connectivity index (χ1n) is 4.59. The van der Waals surface area contributed by atoms with Crippen molar-refractivity contribution < 1.29 is 14.5 Å². The van der Waals surface area contributed by atoms with Gasteiger partial charge in [-0.3, -0.25) is 14.9 Å². The quantitative estimate of drug-likeness (QED) is 0.485. The third-order valence-electron chi connectivity index (χ3n) is 1.90. The van der Waals surface area contributed by atoms with E-state index in [9.17, 15) is 14.9 Å². The maximum atomic E-state index is 11.3. The number of ether oxygens (including phenoxy) is 1. The van der Waals surface area contributed by atoms with Gasteiger partial charge in [-0.05, 0) is 19.9 Å². The summed E-state index contributed by atoms with van der Waals surface area (Å²) >= 11 is 3.12. The van der Waals surface area contributed by atoms with Crippen LogP contribution < -0.4 is 4.74 Å². The molecule has 0 spiro atoms. The van der Waals surface area contributed by atoms with Crippen molar-refractivity contribution in [2.24, 2.45) is 0 Å². The van der Waals surface area contributed by atoms with Crippen LogP contribution in [0.5, 0.6) is 5.75 Å². The largest absolute Gasteiger partial charge is 0.487 e. The Hall–Kier alpha value is -1.43. The summed E-state index contributed by atoms with van der Waals surface area (Å²) in [6, 6.07) is 2.83. The Bertz CT molecular complexity index is 409. The van der Waals surface area contributed by atoms with Crippen molar-refractivity contribution in [1.29, 1.82) is 0 Å². The monoisotopic (exact) mass is 287 g/mol. The summed E-state index contributed by atoms with van der Waals surface area (Å²) in [5.74, 6) is -0.240. The number of hydrogen-bond donors (Lipinski definition) is 0. The van der Waals surface area contributed by atoms with Gasteiger partial charge >= 0.3 is 5.69 Å². The fourth-order valence-electron chi connectivity index (χ4n) is 1.27. The number of nitro benzene ring substituents is 1. The molecule has 0 unspecified atom stereocenters. The molecule has 6 heteroatoms. The summed E-state index contributed by atoms with van der Waals surface area (Å²) < 4.78 is 5.64. The molecule has 0 amide bonds. The van der Waals surface area contributed by atoms with Crippen LogP contribution in [0.3, 0.4) is 0 Å². The van der Waals surface area contributed by atoms with Crippen molar-refractivity contribution in [2.45, 2.75) is 13.8 Å². The SMILES string of the molecule is CCOc1c(C(C)=O)cc(Br)cc1[N+](=O)[O-]. The molecule has 0 N–H and O–H groups in total. The van der Waals surface area contributed by atoms with E-state index in [0.29, 0.717) is 4.47 Å². The zero-order valence-electron chi connectivity index (χ0n) is 8.82. The Kier molecular flexibility index (Phi) is 4.00. The number of halogens is 1. The fourth-order valence-corrected chi connectivity index (χ4v) is 1.72. The normalized spacial score (nSPS) is 9.94. The second-order valence-corrected chi connectivity index (χ2v) is 3.96. The molecule has 0 saturated heterocycles. The topological polar surface area (TPSA) is 69.4 Å². The molecule has 1 rings (SSSR count). The van der Waals surface area contributed by atoms with E-state index in [4.69, 9.17) is 4.74 Å². The molecule has 0 aliphatic heterocycles. The van der Waals surface area contributed by atoms with Gasteiger partial charge in [0.25, 0.3) is 0 Å². The van der Waals surface area contributed by atoms with E-state index in [2.05, 4.69) is 15.9 Å². The molecule has 0 aromatic heterocycles. The van der Waals surface area contributed by atoms with E-state index in [1.807, 2.05) is 0 Å². The lowest BCUT2D eigenvalue weighted by Gasteiger charge is -2.08. The van der Waals surface area contributed by atoms with Crippen LogP contribution in [0.4, 0.5) is 5.69 Å². The molecule has 0 aliphatic carbocycles. The van der Waals surface area contributed by atoms with Crippen molar-refractivity contribution in [2.75, 3.05) is 6.61 Å². The van der Waals surface area contributed by atoms with E-state index in [1.54, 1.807) is 6.92 Å². The number of carbonyl (C=O) groups is 1. The molecular weight excluding hydrogens is 278 g/mol. The highest BCUT2D eigenvalue weighted by Gasteiger charge is 2.22. The molecule has 1 aromatic carbocycles. The molecule has 16 heavy (non-hydrogen) atoms. The minimum absolute atomic E-state index is 0.0307. The van der Waals surface area contributed by atoms with Gasteiger partial charge in [0, 0.05) is 10.5 Å². The van der Waals surface area contributed by atoms with Gasteiger partial charge in [0.15, 0.2) is 5.78 Å².